The highest BCUT2D eigenvalue weighted by Gasteiger charge is 2.19. The second-order valence-electron chi connectivity index (χ2n) is 5.08. The summed E-state index contributed by atoms with van der Waals surface area (Å²) in [6, 6.07) is 1.99. The van der Waals surface area contributed by atoms with Gasteiger partial charge in [-0.2, -0.15) is 0 Å². The summed E-state index contributed by atoms with van der Waals surface area (Å²) in [5.74, 6) is 0.569. The van der Waals surface area contributed by atoms with Crippen LogP contribution in [0.5, 0.6) is 0 Å². The summed E-state index contributed by atoms with van der Waals surface area (Å²) in [5.41, 5.74) is 0.543. The normalized spacial score (nSPS) is 11.8. The lowest BCUT2D eigenvalue weighted by molar-refractivity contribution is 0.0893. The largest absolute Gasteiger partial charge is 0.293 e. The van der Waals surface area contributed by atoms with E-state index in [-0.39, 0.29) is 5.78 Å². The number of nitrogens with zero attached hydrogens (tertiary/aromatic N) is 1. The smallest absolute Gasteiger partial charge is 0.179 e. The first-order valence-electron chi connectivity index (χ1n) is 6.03. The fourth-order valence-electron chi connectivity index (χ4n) is 1.73. The molecule has 0 bridgehead atoms. The summed E-state index contributed by atoms with van der Waals surface area (Å²) in [7, 11) is 0. The van der Waals surface area contributed by atoms with Crippen molar-refractivity contribution < 1.29 is 4.79 Å². The number of hydrogen-bond donors (Lipinski definition) is 0. The first-order chi connectivity index (χ1) is 8.31. The Balaban J connectivity index is 2.75. The molecule has 0 saturated carbocycles. The molecule has 0 spiro atoms. The predicted molar refractivity (Wildman–Crippen MR) is 80.2 cm³/mol. The van der Waals surface area contributed by atoms with E-state index in [1.54, 1.807) is 6.07 Å². The molecule has 0 fully saturated rings. The number of carbonyl (C=O) groups excluding carboxylic acids is 1. The van der Waals surface area contributed by atoms with Gasteiger partial charge in [0.2, 0.25) is 0 Å². The Morgan fingerprint density at radius 3 is 2.33 bits per heavy atom. The van der Waals surface area contributed by atoms with Crippen molar-refractivity contribution in [2.45, 2.75) is 33.7 Å². The Morgan fingerprint density at radius 2 is 1.94 bits per heavy atom. The highest BCUT2D eigenvalue weighted by atomic mass is 35.5. The first-order valence-corrected chi connectivity index (χ1v) is 7.60. The van der Waals surface area contributed by atoms with Crippen LogP contribution in [-0.2, 0) is 0 Å². The molecule has 1 rings (SSSR count). The maximum absolute atomic E-state index is 12.2. The maximum atomic E-state index is 12.2. The molecule has 0 atom stereocenters. The molecule has 0 saturated heterocycles. The molecule has 2 nitrogen and oxygen atoms in total. The first kappa shape index (κ1) is 16.0. The van der Waals surface area contributed by atoms with Crippen LogP contribution in [-0.4, -0.2) is 29.8 Å². The molecule has 102 valence electrons. The van der Waals surface area contributed by atoms with Crippen molar-refractivity contribution in [3.05, 3.63) is 20.3 Å². The van der Waals surface area contributed by atoms with Gasteiger partial charge in [-0.15, -0.1) is 11.3 Å². The van der Waals surface area contributed by atoms with E-state index in [9.17, 15) is 4.79 Å². The van der Waals surface area contributed by atoms with Crippen LogP contribution >= 0.6 is 34.5 Å². The minimum atomic E-state index is 0.0394. The quantitative estimate of drug-likeness (QED) is 0.716. The van der Waals surface area contributed by atoms with Gasteiger partial charge in [0.1, 0.15) is 4.34 Å². The molecule has 0 unspecified atom stereocenters. The van der Waals surface area contributed by atoms with E-state index in [0.29, 0.717) is 32.7 Å². The maximum Gasteiger partial charge on any atom is 0.179 e. The number of halogens is 2. The number of rotatable bonds is 6. The van der Waals surface area contributed by atoms with E-state index in [0.717, 1.165) is 6.54 Å². The molecule has 0 aromatic carbocycles. The highest BCUT2D eigenvalue weighted by Crippen LogP contribution is 2.31. The number of thiophene rings is 1. The van der Waals surface area contributed by atoms with Gasteiger partial charge in [-0.1, -0.05) is 37.0 Å². The Kier molecular flexibility index (Phi) is 6.12. The second-order valence-corrected chi connectivity index (χ2v) is 7.36. The van der Waals surface area contributed by atoms with Gasteiger partial charge in [-0.05, 0) is 25.8 Å². The van der Waals surface area contributed by atoms with Crippen LogP contribution in [0.1, 0.15) is 38.1 Å². The zero-order chi connectivity index (χ0) is 13.9. The molecule has 0 aliphatic rings. The molecule has 5 heteroatoms. The van der Waals surface area contributed by atoms with Crippen molar-refractivity contribution in [2.24, 2.45) is 5.92 Å². The number of Topliss-reactive ketones (excluding diaryl/α,β-unsaturated/α-hetero) is 1. The Bertz CT molecular complexity index is 415. The third-order valence-electron chi connectivity index (χ3n) is 2.63. The van der Waals surface area contributed by atoms with Crippen LogP contribution < -0.4 is 0 Å². The molecule has 1 aromatic rings. The molecule has 1 aromatic heterocycles. The van der Waals surface area contributed by atoms with E-state index < -0.39 is 0 Å². The van der Waals surface area contributed by atoms with Gasteiger partial charge >= 0.3 is 0 Å². The van der Waals surface area contributed by atoms with Gasteiger partial charge in [-0.3, -0.25) is 9.69 Å². The van der Waals surface area contributed by atoms with Gasteiger partial charge in [0.25, 0.3) is 0 Å². The fraction of sp³-hybridized carbons (Fsp3) is 0.615. The molecular weight excluding hydrogens is 289 g/mol. The van der Waals surface area contributed by atoms with Gasteiger partial charge in [0.15, 0.2) is 5.78 Å². The standard InChI is InChI=1S/C13H19Cl2NOS/c1-8(2)6-16(9(3)4)7-11(17)10-5-12(14)18-13(10)15/h5,8-9H,6-7H2,1-4H3. The van der Waals surface area contributed by atoms with Crippen LogP contribution in [0.4, 0.5) is 0 Å². The van der Waals surface area contributed by atoms with Crippen molar-refractivity contribution >= 4 is 40.3 Å². The van der Waals surface area contributed by atoms with Crippen molar-refractivity contribution in [3.8, 4) is 0 Å². The molecule has 0 aliphatic carbocycles. The summed E-state index contributed by atoms with van der Waals surface area (Å²) in [4.78, 5) is 14.4. The van der Waals surface area contributed by atoms with Crippen molar-refractivity contribution in [1.29, 1.82) is 0 Å². The third-order valence-corrected chi connectivity index (χ3v) is 4.12. The minimum absolute atomic E-state index is 0.0394. The van der Waals surface area contributed by atoms with Gasteiger partial charge in [0.05, 0.1) is 16.4 Å². The Labute approximate surface area is 123 Å². The van der Waals surface area contributed by atoms with Crippen molar-refractivity contribution in [3.63, 3.8) is 0 Å². The van der Waals surface area contributed by atoms with E-state index in [1.807, 2.05) is 0 Å². The third kappa shape index (κ3) is 4.54. The zero-order valence-corrected chi connectivity index (χ0v) is 13.5. The van der Waals surface area contributed by atoms with Gasteiger partial charge in [-0.25, -0.2) is 0 Å². The summed E-state index contributed by atoms with van der Waals surface area (Å²) in [6.07, 6.45) is 0. The predicted octanol–water partition coefficient (Wildman–Crippen LogP) is 4.60. The molecule has 0 radical (unpaired) electrons. The zero-order valence-electron chi connectivity index (χ0n) is 11.2. The van der Waals surface area contributed by atoms with E-state index in [1.165, 1.54) is 11.3 Å². The minimum Gasteiger partial charge on any atom is -0.293 e. The average molecular weight is 308 g/mol. The van der Waals surface area contributed by atoms with Gasteiger partial charge in [0, 0.05) is 12.6 Å². The number of hydrogen-bond acceptors (Lipinski definition) is 3. The topological polar surface area (TPSA) is 20.3 Å². The second kappa shape index (κ2) is 6.90. The van der Waals surface area contributed by atoms with Gasteiger partial charge < -0.3 is 0 Å². The molecule has 0 N–H and O–H groups in total. The van der Waals surface area contributed by atoms with E-state index >= 15 is 0 Å². The SMILES string of the molecule is CC(C)CN(CC(=O)c1cc(Cl)sc1Cl)C(C)C. The molecule has 1 heterocycles. The van der Waals surface area contributed by atoms with Crippen LogP contribution in [0.25, 0.3) is 0 Å². The average Bonchev–Trinajstić information content (AvgIpc) is 2.56. The lowest BCUT2D eigenvalue weighted by atomic mass is 10.1. The van der Waals surface area contributed by atoms with Crippen molar-refractivity contribution in [2.75, 3.05) is 13.1 Å². The van der Waals surface area contributed by atoms with Crippen LogP contribution in [0, 0.1) is 5.92 Å². The lowest BCUT2D eigenvalue weighted by Crippen LogP contribution is -2.38. The van der Waals surface area contributed by atoms with Crippen LogP contribution in [0.2, 0.25) is 8.67 Å². The fourth-order valence-corrected chi connectivity index (χ4v) is 3.23. The summed E-state index contributed by atoms with van der Waals surface area (Å²) < 4.78 is 1.04. The lowest BCUT2D eigenvalue weighted by Gasteiger charge is -2.27. The monoisotopic (exact) mass is 307 g/mol. The molecule has 0 amide bonds. The Morgan fingerprint density at radius 1 is 1.33 bits per heavy atom. The summed E-state index contributed by atoms with van der Waals surface area (Å²) in [6.45, 7) is 9.78. The number of carbonyl (C=O) groups is 1. The van der Waals surface area contributed by atoms with Crippen LogP contribution in [0.3, 0.4) is 0 Å². The highest BCUT2D eigenvalue weighted by molar-refractivity contribution is 7.20. The molecular formula is C13H19Cl2NOS. The summed E-state index contributed by atoms with van der Waals surface area (Å²) in [5, 5.41) is 0. The van der Waals surface area contributed by atoms with Crippen molar-refractivity contribution in [1.82, 2.24) is 4.90 Å². The van der Waals surface area contributed by atoms with E-state index in [2.05, 4.69) is 32.6 Å². The Hall–Kier alpha value is -0.0900. The molecule has 0 aliphatic heterocycles. The van der Waals surface area contributed by atoms with Crippen LogP contribution in [0.15, 0.2) is 6.07 Å². The molecule has 18 heavy (non-hydrogen) atoms. The van der Waals surface area contributed by atoms with E-state index in [4.69, 9.17) is 23.2 Å². The number of ketones is 1. The summed E-state index contributed by atoms with van der Waals surface area (Å²) >= 11 is 13.1.